The van der Waals surface area contributed by atoms with Crippen molar-refractivity contribution in [2.75, 3.05) is 20.2 Å². The Hall–Kier alpha value is -2.64. The first-order valence-electron chi connectivity index (χ1n) is 9.03. The Morgan fingerprint density at radius 2 is 1.96 bits per heavy atom. The molecule has 1 amide bonds. The number of amides is 1. The summed E-state index contributed by atoms with van der Waals surface area (Å²) in [5, 5.41) is 16.1. The lowest BCUT2D eigenvalue weighted by molar-refractivity contribution is 0.0191. The van der Waals surface area contributed by atoms with Crippen LogP contribution in [0.15, 0.2) is 48.8 Å². The van der Waals surface area contributed by atoms with Crippen LogP contribution in [-0.4, -0.2) is 54.6 Å². The summed E-state index contributed by atoms with van der Waals surface area (Å²) in [5.41, 5.74) is 2.17. The summed E-state index contributed by atoms with van der Waals surface area (Å²) in [4.78, 5) is 16.1. The lowest BCUT2D eigenvalue weighted by atomic mass is 10.0. The minimum Gasteiger partial charge on any atom is -0.497 e. The van der Waals surface area contributed by atoms with Gasteiger partial charge in [0, 0.05) is 25.5 Å². The van der Waals surface area contributed by atoms with E-state index in [0.717, 1.165) is 16.9 Å². The van der Waals surface area contributed by atoms with Crippen molar-refractivity contribution >= 4 is 6.09 Å². The molecule has 1 fully saturated rings. The zero-order valence-corrected chi connectivity index (χ0v) is 15.3. The van der Waals surface area contributed by atoms with E-state index >= 15 is 0 Å². The predicted molar refractivity (Wildman–Crippen MR) is 101 cm³/mol. The van der Waals surface area contributed by atoms with Crippen LogP contribution in [-0.2, 0) is 17.6 Å². The lowest BCUT2D eigenvalue weighted by Gasteiger charge is -2.22. The third-order valence-electron chi connectivity index (χ3n) is 4.66. The molecule has 0 radical (unpaired) electrons. The molecule has 3 N–H and O–H groups in total. The van der Waals surface area contributed by atoms with E-state index < -0.39 is 18.3 Å². The van der Waals surface area contributed by atoms with Gasteiger partial charge in [0.2, 0.25) is 0 Å². The van der Waals surface area contributed by atoms with Gasteiger partial charge in [-0.05, 0) is 48.2 Å². The highest BCUT2D eigenvalue weighted by Crippen LogP contribution is 2.19. The summed E-state index contributed by atoms with van der Waals surface area (Å²) >= 11 is 0. The van der Waals surface area contributed by atoms with Crippen LogP contribution < -0.4 is 15.4 Å². The van der Waals surface area contributed by atoms with Gasteiger partial charge >= 0.3 is 6.09 Å². The zero-order valence-electron chi connectivity index (χ0n) is 15.3. The molecule has 0 aliphatic carbocycles. The number of rotatable bonds is 7. The number of hydrogen-bond acceptors (Lipinski definition) is 6. The molecule has 0 bridgehead atoms. The summed E-state index contributed by atoms with van der Waals surface area (Å²) in [6.45, 7) is 0.859. The first kappa shape index (κ1) is 19.1. The van der Waals surface area contributed by atoms with Crippen molar-refractivity contribution in [3.8, 4) is 5.75 Å². The zero-order chi connectivity index (χ0) is 19.1. The molecule has 1 aliphatic rings. The minimum atomic E-state index is -0.723. The number of benzene rings is 1. The Morgan fingerprint density at radius 1 is 1.22 bits per heavy atom. The van der Waals surface area contributed by atoms with Crippen LogP contribution in [0.25, 0.3) is 0 Å². The van der Waals surface area contributed by atoms with Crippen molar-refractivity contribution in [3.05, 3.63) is 59.9 Å². The fourth-order valence-corrected chi connectivity index (χ4v) is 3.16. The van der Waals surface area contributed by atoms with Gasteiger partial charge in [0.25, 0.3) is 0 Å². The molecule has 144 valence electrons. The Bertz CT molecular complexity index is 724. The van der Waals surface area contributed by atoms with Crippen molar-refractivity contribution in [1.82, 2.24) is 15.6 Å². The minimum absolute atomic E-state index is 0.139. The van der Waals surface area contributed by atoms with Gasteiger partial charge in [-0.3, -0.25) is 4.98 Å². The van der Waals surface area contributed by atoms with Crippen LogP contribution in [0.3, 0.4) is 0 Å². The molecule has 2 heterocycles. The van der Waals surface area contributed by atoms with Gasteiger partial charge < -0.3 is 25.2 Å². The molecular formula is C20H25N3O4. The number of carbonyl (C=O) groups excluding carboxylic acids is 1. The topological polar surface area (TPSA) is 92.7 Å². The number of methoxy groups -OCH3 is 1. The van der Waals surface area contributed by atoms with Crippen LogP contribution >= 0.6 is 0 Å². The molecule has 1 saturated heterocycles. The highest BCUT2D eigenvalue weighted by atomic mass is 16.6. The number of aromatic nitrogens is 1. The molecule has 0 unspecified atom stereocenters. The number of nitrogens with zero attached hydrogens (tertiary/aromatic N) is 1. The first-order valence-corrected chi connectivity index (χ1v) is 9.03. The summed E-state index contributed by atoms with van der Waals surface area (Å²) in [7, 11) is 1.63. The quantitative estimate of drug-likeness (QED) is 0.680. The van der Waals surface area contributed by atoms with Crippen molar-refractivity contribution in [2.45, 2.75) is 31.1 Å². The van der Waals surface area contributed by atoms with E-state index in [1.165, 1.54) is 0 Å². The summed E-state index contributed by atoms with van der Waals surface area (Å²) < 4.78 is 10.7. The first-order chi connectivity index (χ1) is 13.2. The number of aliphatic hydroxyl groups is 1. The normalized spacial score (nSPS) is 21.6. The molecule has 2 aromatic rings. The molecule has 1 aromatic heterocycles. The summed E-state index contributed by atoms with van der Waals surface area (Å²) in [5.74, 6) is 0.791. The van der Waals surface area contributed by atoms with E-state index in [1.807, 2.05) is 36.4 Å². The highest BCUT2D eigenvalue weighted by molar-refractivity contribution is 5.67. The third-order valence-corrected chi connectivity index (χ3v) is 4.66. The van der Waals surface area contributed by atoms with Gasteiger partial charge in [0.15, 0.2) is 0 Å². The van der Waals surface area contributed by atoms with Crippen molar-refractivity contribution in [1.29, 1.82) is 0 Å². The standard InChI is InChI=1S/C20H25N3O4/c1-26-16-4-2-15(3-5-16)12-17-19(18(24)13-23-17)27-20(25)22-11-8-14-6-9-21-10-7-14/h2-7,9-10,17-19,23-24H,8,11-13H2,1H3,(H,22,25)/t17-,18+,19+/m1/s1. The monoisotopic (exact) mass is 371 g/mol. The molecule has 3 rings (SSSR count). The van der Waals surface area contributed by atoms with Gasteiger partial charge in [-0.25, -0.2) is 4.79 Å². The van der Waals surface area contributed by atoms with Crippen molar-refractivity contribution < 1.29 is 19.4 Å². The fourth-order valence-electron chi connectivity index (χ4n) is 3.16. The predicted octanol–water partition coefficient (Wildman–Crippen LogP) is 1.30. The van der Waals surface area contributed by atoms with Crippen LogP contribution in [0.5, 0.6) is 5.75 Å². The average molecular weight is 371 g/mol. The van der Waals surface area contributed by atoms with Crippen LogP contribution in [0, 0.1) is 0 Å². The number of hydrogen-bond donors (Lipinski definition) is 3. The number of ether oxygens (including phenoxy) is 2. The van der Waals surface area contributed by atoms with E-state index in [9.17, 15) is 9.90 Å². The van der Waals surface area contributed by atoms with E-state index in [0.29, 0.717) is 25.9 Å². The Labute approximate surface area is 158 Å². The smallest absolute Gasteiger partial charge is 0.407 e. The van der Waals surface area contributed by atoms with Gasteiger partial charge in [0.05, 0.1) is 13.2 Å². The van der Waals surface area contributed by atoms with E-state index in [2.05, 4.69) is 15.6 Å². The maximum atomic E-state index is 12.1. The molecular weight excluding hydrogens is 346 g/mol. The van der Waals surface area contributed by atoms with Gasteiger partial charge in [-0.15, -0.1) is 0 Å². The van der Waals surface area contributed by atoms with E-state index in [-0.39, 0.29) is 6.04 Å². The number of aliphatic hydroxyl groups excluding tert-OH is 1. The van der Waals surface area contributed by atoms with E-state index in [1.54, 1.807) is 19.5 Å². The molecule has 0 spiro atoms. The molecule has 1 aliphatic heterocycles. The van der Waals surface area contributed by atoms with Gasteiger partial charge in [-0.1, -0.05) is 12.1 Å². The second kappa shape index (κ2) is 9.34. The number of alkyl carbamates (subject to hydrolysis) is 1. The van der Waals surface area contributed by atoms with Gasteiger partial charge in [-0.2, -0.15) is 0 Å². The van der Waals surface area contributed by atoms with Crippen LogP contribution in [0.4, 0.5) is 4.79 Å². The highest BCUT2D eigenvalue weighted by Gasteiger charge is 2.37. The number of pyridine rings is 1. The van der Waals surface area contributed by atoms with Crippen LogP contribution in [0.2, 0.25) is 0 Å². The summed E-state index contributed by atoms with van der Waals surface area (Å²) in [6, 6.07) is 11.4. The average Bonchev–Trinajstić information content (AvgIpc) is 3.03. The Kier molecular flexibility index (Phi) is 6.62. The SMILES string of the molecule is COc1ccc(C[C@H]2NC[C@H](O)[C@H]2OC(=O)NCCc2ccncc2)cc1. The second-order valence-electron chi connectivity index (χ2n) is 6.54. The largest absolute Gasteiger partial charge is 0.497 e. The molecule has 7 nitrogen and oxygen atoms in total. The van der Waals surface area contributed by atoms with Crippen LogP contribution in [0.1, 0.15) is 11.1 Å². The second-order valence-corrected chi connectivity index (χ2v) is 6.54. The molecule has 3 atom stereocenters. The maximum absolute atomic E-state index is 12.1. The molecule has 27 heavy (non-hydrogen) atoms. The fraction of sp³-hybridized carbons (Fsp3) is 0.400. The molecule has 0 saturated carbocycles. The Balaban J connectivity index is 1.49. The Morgan fingerprint density at radius 3 is 2.67 bits per heavy atom. The molecule has 7 heteroatoms. The van der Waals surface area contributed by atoms with Crippen molar-refractivity contribution in [2.24, 2.45) is 0 Å². The summed E-state index contributed by atoms with van der Waals surface area (Å²) in [6.07, 6.45) is 2.95. The maximum Gasteiger partial charge on any atom is 0.407 e. The lowest BCUT2D eigenvalue weighted by Crippen LogP contribution is -2.41. The third kappa shape index (κ3) is 5.42. The number of carbonyl (C=O) groups is 1. The van der Waals surface area contributed by atoms with E-state index in [4.69, 9.17) is 9.47 Å². The number of nitrogens with one attached hydrogen (secondary N) is 2. The number of β-amino-alcohol motifs (C(OH)–C–C–N with tert-alkyl or cyclic N) is 1. The molecule has 1 aromatic carbocycles. The van der Waals surface area contributed by atoms with Crippen molar-refractivity contribution in [3.63, 3.8) is 0 Å². The van der Waals surface area contributed by atoms with Gasteiger partial charge in [0.1, 0.15) is 18.0 Å².